The fraction of sp³-hybridized carbons (Fsp3) is 0.222. The van der Waals surface area contributed by atoms with Gasteiger partial charge in [0.05, 0.1) is 12.7 Å². The molecule has 0 rings (SSSR count). The van der Waals surface area contributed by atoms with Crippen LogP contribution in [0.3, 0.4) is 0 Å². The topological polar surface area (TPSA) is 26.3 Å². The molecular weight excluding hydrogens is 140 g/mol. The Morgan fingerprint density at radius 3 is 2.55 bits per heavy atom. The normalized spacial score (nSPS) is 10.7. The highest BCUT2D eigenvalue weighted by Gasteiger charge is 1.99. The first-order chi connectivity index (χ1) is 5.22. The van der Waals surface area contributed by atoms with Gasteiger partial charge in [-0.2, -0.15) is 0 Å². The molecule has 0 amide bonds. The fourth-order valence-electron chi connectivity index (χ4n) is 0.482. The Labute approximate surface area is 66.9 Å². The van der Waals surface area contributed by atoms with Crippen LogP contribution in [0.25, 0.3) is 0 Å². The van der Waals surface area contributed by atoms with Crippen LogP contribution >= 0.6 is 0 Å². The van der Waals surface area contributed by atoms with Gasteiger partial charge in [-0.1, -0.05) is 24.8 Å². The lowest BCUT2D eigenvalue weighted by Crippen LogP contribution is -2.00. The van der Waals surface area contributed by atoms with Crippen molar-refractivity contribution in [1.82, 2.24) is 0 Å². The van der Waals surface area contributed by atoms with Gasteiger partial charge in [0.15, 0.2) is 0 Å². The van der Waals surface area contributed by atoms with E-state index in [9.17, 15) is 4.79 Å². The van der Waals surface area contributed by atoms with E-state index in [0.29, 0.717) is 5.57 Å². The summed E-state index contributed by atoms with van der Waals surface area (Å²) in [5, 5.41) is 0. The first kappa shape index (κ1) is 9.69. The van der Waals surface area contributed by atoms with Crippen LogP contribution < -0.4 is 0 Å². The van der Waals surface area contributed by atoms with Gasteiger partial charge in [-0.3, -0.25) is 0 Å². The van der Waals surface area contributed by atoms with Crippen LogP contribution in [0.15, 0.2) is 36.5 Å². The molecule has 0 N–H and O–H groups in total. The van der Waals surface area contributed by atoms with E-state index in [-0.39, 0.29) is 0 Å². The van der Waals surface area contributed by atoms with E-state index in [2.05, 4.69) is 11.3 Å². The van der Waals surface area contributed by atoms with Crippen LogP contribution in [0.1, 0.15) is 6.92 Å². The molecule has 0 saturated carbocycles. The minimum atomic E-state index is -0.397. The third-order valence-corrected chi connectivity index (χ3v) is 1.05. The fourth-order valence-corrected chi connectivity index (χ4v) is 0.482. The number of ether oxygens (including phenoxy) is 1. The molecule has 0 heterocycles. The second kappa shape index (κ2) is 5.47. The first-order valence-corrected chi connectivity index (χ1v) is 3.29. The molecule has 0 bridgehead atoms. The number of hydrogen-bond donors (Lipinski definition) is 0. The second-order valence-corrected chi connectivity index (χ2v) is 1.90. The van der Waals surface area contributed by atoms with E-state index in [1.54, 1.807) is 12.2 Å². The Hall–Kier alpha value is -1.31. The van der Waals surface area contributed by atoms with E-state index in [1.807, 2.05) is 19.1 Å². The Morgan fingerprint density at radius 2 is 2.09 bits per heavy atom. The molecule has 0 aliphatic carbocycles. The number of methoxy groups -OCH3 is 1. The zero-order valence-electron chi connectivity index (χ0n) is 6.83. The van der Waals surface area contributed by atoms with Gasteiger partial charge in [0.25, 0.3) is 0 Å². The van der Waals surface area contributed by atoms with Gasteiger partial charge in [-0.15, -0.1) is 0 Å². The van der Waals surface area contributed by atoms with E-state index >= 15 is 0 Å². The molecule has 0 aromatic heterocycles. The van der Waals surface area contributed by atoms with Crippen molar-refractivity contribution in [3.05, 3.63) is 36.5 Å². The van der Waals surface area contributed by atoms with E-state index in [4.69, 9.17) is 0 Å². The van der Waals surface area contributed by atoms with Gasteiger partial charge < -0.3 is 4.74 Å². The van der Waals surface area contributed by atoms with Gasteiger partial charge in [0.2, 0.25) is 0 Å². The summed E-state index contributed by atoms with van der Waals surface area (Å²) in [6, 6.07) is 0. The molecule has 11 heavy (non-hydrogen) atoms. The molecule has 0 saturated heterocycles. The quantitative estimate of drug-likeness (QED) is 0.350. The van der Waals surface area contributed by atoms with Crippen molar-refractivity contribution >= 4 is 5.97 Å². The Balaban J connectivity index is 3.97. The largest absolute Gasteiger partial charge is 0.465 e. The Kier molecular flexibility index (Phi) is 4.82. The number of hydrogen-bond acceptors (Lipinski definition) is 2. The summed E-state index contributed by atoms with van der Waals surface area (Å²) in [6.07, 6.45) is 7.01. The minimum Gasteiger partial charge on any atom is -0.465 e. The van der Waals surface area contributed by atoms with Gasteiger partial charge in [0.1, 0.15) is 0 Å². The maximum absolute atomic E-state index is 10.7. The lowest BCUT2D eigenvalue weighted by atomic mass is 10.3. The highest BCUT2D eigenvalue weighted by atomic mass is 16.5. The molecule has 0 radical (unpaired) electrons. The zero-order valence-corrected chi connectivity index (χ0v) is 6.83. The van der Waals surface area contributed by atoms with Crippen molar-refractivity contribution in [2.75, 3.05) is 7.11 Å². The summed E-state index contributed by atoms with van der Waals surface area (Å²) >= 11 is 0. The van der Waals surface area contributed by atoms with Crippen molar-refractivity contribution in [2.24, 2.45) is 0 Å². The summed E-state index contributed by atoms with van der Waals surface area (Å²) in [5.41, 5.74) is 0.352. The molecule has 60 valence electrons. The van der Waals surface area contributed by atoms with Crippen LogP contribution in [0.5, 0.6) is 0 Å². The lowest BCUT2D eigenvalue weighted by molar-refractivity contribution is -0.135. The SMILES string of the molecule is C=C(C=CC=CC)C(=O)OC. The molecule has 0 aliphatic rings. The highest BCUT2D eigenvalue weighted by Crippen LogP contribution is 1.95. The van der Waals surface area contributed by atoms with Crippen molar-refractivity contribution in [3.8, 4) is 0 Å². The summed E-state index contributed by atoms with van der Waals surface area (Å²) in [5.74, 6) is -0.397. The Morgan fingerprint density at radius 1 is 1.45 bits per heavy atom. The molecule has 0 spiro atoms. The molecule has 0 fully saturated rings. The van der Waals surface area contributed by atoms with Crippen molar-refractivity contribution in [3.63, 3.8) is 0 Å². The van der Waals surface area contributed by atoms with Crippen molar-refractivity contribution in [2.45, 2.75) is 6.92 Å². The van der Waals surface area contributed by atoms with Gasteiger partial charge in [-0.05, 0) is 13.0 Å². The van der Waals surface area contributed by atoms with Gasteiger partial charge >= 0.3 is 5.97 Å². The second-order valence-electron chi connectivity index (χ2n) is 1.90. The molecule has 2 nitrogen and oxygen atoms in total. The van der Waals surface area contributed by atoms with E-state index < -0.39 is 5.97 Å². The molecule has 0 aromatic carbocycles. The predicted molar refractivity (Wildman–Crippen MR) is 45.1 cm³/mol. The minimum absolute atomic E-state index is 0.352. The highest BCUT2D eigenvalue weighted by molar-refractivity contribution is 5.90. The molecular formula is C9H12O2. The standard InChI is InChI=1S/C9H12O2/c1-4-5-6-7-8(2)9(10)11-3/h4-7H,2H2,1,3H3. The molecule has 0 aliphatic heterocycles. The molecule has 0 aromatic rings. The van der Waals surface area contributed by atoms with E-state index in [1.165, 1.54) is 7.11 Å². The molecule has 2 heteroatoms. The number of esters is 1. The van der Waals surface area contributed by atoms with Gasteiger partial charge in [-0.25, -0.2) is 4.79 Å². The predicted octanol–water partition coefficient (Wildman–Crippen LogP) is 1.85. The summed E-state index contributed by atoms with van der Waals surface area (Å²) < 4.78 is 4.43. The number of carbonyl (C=O) groups is 1. The first-order valence-electron chi connectivity index (χ1n) is 3.29. The molecule has 0 unspecified atom stereocenters. The van der Waals surface area contributed by atoms with E-state index in [0.717, 1.165) is 0 Å². The number of rotatable bonds is 3. The lowest BCUT2D eigenvalue weighted by Gasteiger charge is -1.94. The summed E-state index contributed by atoms with van der Waals surface area (Å²) in [4.78, 5) is 10.7. The van der Waals surface area contributed by atoms with Crippen LogP contribution in [-0.4, -0.2) is 13.1 Å². The third-order valence-electron chi connectivity index (χ3n) is 1.05. The average molecular weight is 152 g/mol. The van der Waals surface area contributed by atoms with Crippen LogP contribution in [0.4, 0.5) is 0 Å². The van der Waals surface area contributed by atoms with Crippen LogP contribution in [-0.2, 0) is 9.53 Å². The molecule has 0 atom stereocenters. The van der Waals surface area contributed by atoms with Crippen LogP contribution in [0, 0.1) is 0 Å². The third kappa shape index (κ3) is 4.14. The zero-order chi connectivity index (χ0) is 8.69. The maximum atomic E-state index is 10.7. The summed E-state index contributed by atoms with van der Waals surface area (Å²) in [6.45, 7) is 5.40. The number of carbonyl (C=O) groups excluding carboxylic acids is 1. The number of allylic oxidation sites excluding steroid dienone is 3. The maximum Gasteiger partial charge on any atom is 0.337 e. The summed E-state index contributed by atoms with van der Waals surface area (Å²) in [7, 11) is 1.33. The van der Waals surface area contributed by atoms with Crippen molar-refractivity contribution in [1.29, 1.82) is 0 Å². The van der Waals surface area contributed by atoms with Crippen LogP contribution in [0.2, 0.25) is 0 Å². The monoisotopic (exact) mass is 152 g/mol. The average Bonchev–Trinajstić information content (AvgIpc) is 2.03. The Bertz CT molecular complexity index is 200. The van der Waals surface area contributed by atoms with Gasteiger partial charge in [0, 0.05) is 0 Å². The van der Waals surface area contributed by atoms with Crippen molar-refractivity contribution < 1.29 is 9.53 Å². The smallest absolute Gasteiger partial charge is 0.337 e.